The number of hydrogen-bond acceptors (Lipinski definition) is 2. The summed E-state index contributed by atoms with van der Waals surface area (Å²) in [4.78, 5) is 1.91. The molecule has 1 aromatic rings. The van der Waals surface area contributed by atoms with Gasteiger partial charge in [-0.05, 0) is 33.3 Å². The van der Waals surface area contributed by atoms with Crippen molar-refractivity contribution in [2.24, 2.45) is 0 Å². The van der Waals surface area contributed by atoms with Gasteiger partial charge in [0.25, 0.3) is 0 Å². The number of aliphatic hydroxyl groups is 1. The minimum atomic E-state index is -0.671. The summed E-state index contributed by atoms with van der Waals surface area (Å²) in [5.74, 6) is -0.285. The smallest absolute Gasteiger partial charge is 0.146 e. The minimum absolute atomic E-state index is 0.147. The van der Waals surface area contributed by atoms with Crippen LogP contribution in [0, 0.1) is 5.82 Å². The Morgan fingerprint density at radius 2 is 2.00 bits per heavy atom. The van der Waals surface area contributed by atoms with Crippen molar-refractivity contribution in [1.29, 1.82) is 0 Å². The van der Waals surface area contributed by atoms with E-state index in [1.165, 1.54) is 6.07 Å². The summed E-state index contributed by atoms with van der Waals surface area (Å²) in [6.07, 6.45) is 0.229. The van der Waals surface area contributed by atoms with Crippen molar-refractivity contribution in [1.82, 2.24) is 0 Å². The lowest BCUT2D eigenvalue weighted by Gasteiger charge is -2.38. The second kappa shape index (κ2) is 5.05. The zero-order valence-electron chi connectivity index (χ0n) is 11.3. The van der Waals surface area contributed by atoms with E-state index < -0.39 is 6.10 Å². The molecule has 0 heterocycles. The zero-order valence-corrected chi connectivity index (χ0v) is 11.3. The molecule has 0 amide bonds. The van der Waals surface area contributed by atoms with Gasteiger partial charge in [-0.15, -0.1) is 0 Å². The molecule has 1 N–H and O–H groups in total. The first-order valence-electron chi connectivity index (χ1n) is 6.01. The molecule has 0 aliphatic heterocycles. The number of benzene rings is 1. The molecule has 2 nitrogen and oxygen atoms in total. The average molecular weight is 239 g/mol. The van der Waals surface area contributed by atoms with Gasteiger partial charge in [0.05, 0.1) is 11.8 Å². The van der Waals surface area contributed by atoms with Crippen molar-refractivity contribution in [2.45, 2.75) is 45.8 Å². The molecule has 0 aliphatic rings. The van der Waals surface area contributed by atoms with Crippen LogP contribution in [0.5, 0.6) is 0 Å². The Morgan fingerprint density at radius 3 is 2.47 bits per heavy atom. The first kappa shape index (κ1) is 14.0. The monoisotopic (exact) mass is 239 g/mol. The molecular weight excluding hydrogens is 217 g/mol. The lowest BCUT2D eigenvalue weighted by atomic mass is 9.97. The first-order chi connectivity index (χ1) is 7.81. The van der Waals surface area contributed by atoms with Gasteiger partial charge in [-0.2, -0.15) is 0 Å². The summed E-state index contributed by atoms with van der Waals surface area (Å²) in [7, 11) is 1.87. The number of anilines is 1. The van der Waals surface area contributed by atoms with Crippen LogP contribution in [0.4, 0.5) is 10.1 Å². The number of aliphatic hydroxyl groups excluding tert-OH is 1. The maximum Gasteiger partial charge on any atom is 0.146 e. The Labute approximate surface area is 103 Å². The van der Waals surface area contributed by atoms with E-state index in [1.807, 2.05) is 11.9 Å². The molecule has 1 aromatic carbocycles. The Bertz CT molecular complexity index is 388. The largest absolute Gasteiger partial charge is 0.389 e. The molecule has 0 radical (unpaired) electrons. The van der Waals surface area contributed by atoms with E-state index >= 15 is 0 Å². The van der Waals surface area contributed by atoms with E-state index in [4.69, 9.17) is 0 Å². The fourth-order valence-corrected chi connectivity index (χ4v) is 1.76. The van der Waals surface area contributed by atoms with Crippen LogP contribution < -0.4 is 4.90 Å². The summed E-state index contributed by atoms with van der Waals surface area (Å²) in [6.45, 7) is 7.85. The van der Waals surface area contributed by atoms with Gasteiger partial charge >= 0.3 is 0 Å². The van der Waals surface area contributed by atoms with Crippen molar-refractivity contribution in [3.05, 3.63) is 29.6 Å². The summed E-state index contributed by atoms with van der Waals surface area (Å²) in [6, 6.07) is 4.84. The van der Waals surface area contributed by atoms with Crippen molar-refractivity contribution < 1.29 is 9.50 Å². The topological polar surface area (TPSA) is 23.5 Å². The third kappa shape index (κ3) is 2.78. The molecule has 0 aromatic heterocycles. The van der Waals surface area contributed by atoms with Crippen LogP contribution in [0.15, 0.2) is 18.2 Å². The molecule has 0 spiro atoms. The van der Waals surface area contributed by atoms with Crippen molar-refractivity contribution in [2.75, 3.05) is 11.9 Å². The third-order valence-electron chi connectivity index (χ3n) is 3.58. The van der Waals surface area contributed by atoms with E-state index in [0.717, 1.165) is 6.42 Å². The van der Waals surface area contributed by atoms with Gasteiger partial charge in [0.15, 0.2) is 0 Å². The average Bonchev–Trinajstić information content (AvgIpc) is 2.27. The van der Waals surface area contributed by atoms with E-state index in [2.05, 4.69) is 20.8 Å². The van der Waals surface area contributed by atoms with Crippen molar-refractivity contribution in [3.63, 3.8) is 0 Å². The van der Waals surface area contributed by atoms with E-state index in [9.17, 15) is 9.50 Å². The number of para-hydroxylation sites is 1. The van der Waals surface area contributed by atoms with Gasteiger partial charge in [0.1, 0.15) is 5.82 Å². The highest BCUT2D eigenvalue weighted by molar-refractivity contribution is 5.56. The lowest BCUT2D eigenvalue weighted by molar-refractivity contribution is 0.199. The Morgan fingerprint density at radius 1 is 1.41 bits per heavy atom. The van der Waals surface area contributed by atoms with Crippen LogP contribution >= 0.6 is 0 Å². The predicted octanol–water partition coefficient (Wildman–Crippen LogP) is 3.50. The summed E-state index contributed by atoms with van der Waals surface area (Å²) in [5.41, 5.74) is 0.981. The van der Waals surface area contributed by atoms with E-state index in [0.29, 0.717) is 11.3 Å². The Kier molecular flexibility index (Phi) is 4.15. The highest BCUT2D eigenvalue weighted by atomic mass is 19.1. The molecular formula is C14H22FNO. The standard InChI is InChI=1S/C14H22FNO/c1-6-14(3,4)16(5)13-11(10(2)17)8-7-9-12(13)15/h7-10,17H,6H2,1-5H3/t10-/m0/s1. The maximum absolute atomic E-state index is 14.0. The van der Waals surface area contributed by atoms with Gasteiger partial charge in [0, 0.05) is 18.2 Å². The Hall–Kier alpha value is -1.09. The van der Waals surface area contributed by atoms with Crippen LogP contribution in [0.25, 0.3) is 0 Å². The molecule has 0 saturated heterocycles. The van der Waals surface area contributed by atoms with Crippen LogP contribution in [-0.4, -0.2) is 17.7 Å². The normalized spacial score (nSPS) is 13.6. The summed E-state index contributed by atoms with van der Waals surface area (Å²) >= 11 is 0. The highest BCUT2D eigenvalue weighted by Gasteiger charge is 2.26. The number of halogens is 1. The fourth-order valence-electron chi connectivity index (χ4n) is 1.76. The van der Waals surface area contributed by atoms with Crippen LogP contribution in [0.3, 0.4) is 0 Å². The Balaban J connectivity index is 3.29. The fraction of sp³-hybridized carbons (Fsp3) is 0.571. The number of rotatable bonds is 4. The predicted molar refractivity (Wildman–Crippen MR) is 69.8 cm³/mol. The van der Waals surface area contributed by atoms with Crippen molar-refractivity contribution >= 4 is 5.69 Å². The first-order valence-corrected chi connectivity index (χ1v) is 6.01. The molecule has 96 valence electrons. The SMILES string of the molecule is CCC(C)(C)N(C)c1c(F)cccc1[C@H](C)O. The molecule has 0 saturated carbocycles. The molecule has 1 rings (SSSR count). The van der Waals surface area contributed by atoms with E-state index in [1.54, 1.807) is 19.1 Å². The van der Waals surface area contributed by atoms with Crippen LogP contribution in [-0.2, 0) is 0 Å². The summed E-state index contributed by atoms with van der Waals surface area (Å²) < 4.78 is 14.0. The molecule has 0 bridgehead atoms. The van der Waals surface area contributed by atoms with Gasteiger partial charge < -0.3 is 10.0 Å². The second-order valence-corrected chi connectivity index (χ2v) is 5.08. The van der Waals surface area contributed by atoms with Crippen LogP contribution in [0.2, 0.25) is 0 Å². The second-order valence-electron chi connectivity index (χ2n) is 5.08. The van der Waals surface area contributed by atoms with Gasteiger partial charge in [-0.1, -0.05) is 19.1 Å². The lowest BCUT2D eigenvalue weighted by Crippen LogP contribution is -2.41. The molecule has 0 unspecified atom stereocenters. The van der Waals surface area contributed by atoms with Crippen molar-refractivity contribution in [3.8, 4) is 0 Å². The zero-order chi connectivity index (χ0) is 13.2. The molecule has 17 heavy (non-hydrogen) atoms. The van der Waals surface area contributed by atoms with Gasteiger partial charge in [0.2, 0.25) is 0 Å². The highest BCUT2D eigenvalue weighted by Crippen LogP contribution is 2.33. The van der Waals surface area contributed by atoms with Crippen LogP contribution in [0.1, 0.15) is 45.8 Å². The van der Waals surface area contributed by atoms with Gasteiger partial charge in [-0.25, -0.2) is 4.39 Å². The quantitative estimate of drug-likeness (QED) is 0.869. The molecule has 1 atom stereocenters. The third-order valence-corrected chi connectivity index (χ3v) is 3.58. The maximum atomic E-state index is 14.0. The summed E-state index contributed by atoms with van der Waals surface area (Å²) in [5, 5.41) is 9.72. The van der Waals surface area contributed by atoms with E-state index in [-0.39, 0.29) is 11.4 Å². The minimum Gasteiger partial charge on any atom is -0.389 e. The van der Waals surface area contributed by atoms with Gasteiger partial charge in [-0.3, -0.25) is 0 Å². The number of nitrogens with zero attached hydrogens (tertiary/aromatic N) is 1. The molecule has 3 heteroatoms. The molecule has 0 aliphatic carbocycles. The molecule has 0 fully saturated rings. The number of hydrogen-bond donors (Lipinski definition) is 1.